The zero-order valence-corrected chi connectivity index (χ0v) is 13.1. The number of ether oxygens (including phenoxy) is 1. The van der Waals surface area contributed by atoms with Gasteiger partial charge in [0.05, 0.1) is 18.0 Å². The molecule has 1 heterocycles. The minimum absolute atomic E-state index is 0.133. The Bertz CT molecular complexity index is 649. The molecule has 1 aliphatic carbocycles. The third kappa shape index (κ3) is 3.17. The van der Waals surface area contributed by atoms with E-state index in [0.717, 1.165) is 12.8 Å². The van der Waals surface area contributed by atoms with E-state index in [-0.39, 0.29) is 17.0 Å². The van der Waals surface area contributed by atoms with Gasteiger partial charge in [-0.15, -0.1) is 0 Å². The van der Waals surface area contributed by atoms with Crippen molar-refractivity contribution in [1.29, 1.82) is 0 Å². The van der Waals surface area contributed by atoms with Crippen LogP contribution >= 0.6 is 0 Å². The number of benzene rings is 1. The summed E-state index contributed by atoms with van der Waals surface area (Å²) in [5.74, 6) is 0.610. The second kappa shape index (κ2) is 5.77. The maximum Gasteiger partial charge on any atom is 0.315 e. The Labute approximate surface area is 129 Å². The molecule has 1 aromatic carbocycles. The third-order valence-corrected chi connectivity index (χ3v) is 5.64. The Balaban J connectivity index is 1.54. The normalized spacial score (nSPS) is 19.3. The van der Waals surface area contributed by atoms with E-state index in [2.05, 4.69) is 10.6 Å². The lowest BCUT2D eigenvalue weighted by Crippen LogP contribution is -2.62. The van der Waals surface area contributed by atoms with Crippen LogP contribution in [0.2, 0.25) is 0 Å². The summed E-state index contributed by atoms with van der Waals surface area (Å²) < 4.78 is 31.2. The minimum atomic E-state index is -3.50. The van der Waals surface area contributed by atoms with Crippen molar-refractivity contribution >= 4 is 16.1 Å². The SMILES string of the molecule is COc1ccc(S(=O)(=O)N2CC(NC(=O)NC3CC3)C2)cc1. The van der Waals surface area contributed by atoms with E-state index in [1.807, 2.05) is 0 Å². The summed E-state index contributed by atoms with van der Waals surface area (Å²) in [5.41, 5.74) is 0. The number of urea groups is 1. The molecule has 3 rings (SSSR count). The van der Waals surface area contributed by atoms with Crippen molar-refractivity contribution in [2.75, 3.05) is 20.2 Å². The van der Waals surface area contributed by atoms with Gasteiger partial charge in [0.15, 0.2) is 0 Å². The number of nitrogens with one attached hydrogen (secondary N) is 2. The van der Waals surface area contributed by atoms with Crippen LogP contribution in [0, 0.1) is 0 Å². The van der Waals surface area contributed by atoms with E-state index in [9.17, 15) is 13.2 Å². The molecule has 1 saturated carbocycles. The highest BCUT2D eigenvalue weighted by Crippen LogP contribution is 2.23. The summed E-state index contributed by atoms with van der Waals surface area (Å²) >= 11 is 0. The van der Waals surface area contributed by atoms with Gasteiger partial charge < -0.3 is 15.4 Å². The third-order valence-electron chi connectivity index (χ3n) is 3.79. The molecule has 22 heavy (non-hydrogen) atoms. The lowest BCUT2D eigenvalue weighted by atomic mass is 10.2. The lowest BCUT2D eigenvalue weighted by Gasteiger charge is -2.38. The van der Waals surface area contributed by atoms with Crippen LogP contribution in [0.25, 0.3) is 0 Å². The molecule has 7 nitrogen and oxygen atoms in total. The van der Waals surface area contributed by atoms with Gasteiger partial charge in [0.1, 0.15) is 5.75 Å². The fourth-order valence-electron chi connectivity index (χ4n) is 2.26. The van der Waals surface area contributed by atoms with Gasteiger partial charge in [0, 0.05) is 19.1 Å². The second-order valence-corrected chi connectivity index (χ2v) is 7.52. The second-order valence-electron chi connectivity index (χ2n) is 5.59. The smallest absolute Gasteiger partial charge is 0.315 e. The van der Waals surface area contributed by atoms with Crippen molar-refractivity contribution in [3.8, 4) is 5.75 Å². The van der Waals surface area contributed by atoms with Gasteiger partial charge in [-0.1, -0.05) is 0 Å². The van der Waals surface area contributed by atoms with Crippen LogP contribution in [-0.2, 0) is 10.0 Å². The number of nitrogens with zero attached hydrogens (tertiary/aromatic N) is 1. The number of hydrogen-bond acceptors (Lipinski definition) is 4. The predicted octanol–water partition coefficient (Wildman–Crippen LogP) is 0.530. The van der Waals surface area contributed by atoms with Crippen LogP contribution in [-0.4, -0.2) is 51.0 Å². The standard InChI is InChI=1S/C14H19N3O4S/c1-21-12-4-6-13(7-5-12)22(19,20)17-8-11(9-17)16-14(18)15-10-2-3-10/h4-7,10-11H,2-3,8-9H2,1H3,(H2,15,16,18). The summed E-state index contributed by atoms with van der Waals surface area (Å²) in [6.07, 6.45) is 2.05. The predicted molar refractivity (Wildman–Crippen MR) is 80.2 cm³/mol. The molecule has 2 aliphatic rings. The molecule has 1 saturated heterocycles. The molecule has 0 spiro atoms. The molecule has 1 aromatic rings. The molecule has 2 fully saturated rings. The van der Waals surface area contributed by atoms with Crippen LogP contribution in [0.4, 0.5) is 4.79 Å². The summed E-state index contributed by atoms with van der Waals surface area (Å²) in [6, 6.07) is 6.22. The van der Waals surface area contributed by atoms with E-state index in [1.54, 1.807) is 12.1 Å². The number of rotatable bonds is 5. The largest absolute Gasteiger partial charge is 0.497 e. The molecule has 0 atom stereocenters. The summed E-state index contributed by atoms with van der Waals surface area (Å²) in [7, 11) is -1.97. The van der Waals surface area contributed by atoms with E-state index < -0.39 is 10.0 Å². The van der Waals surface area contributed by atoms with Crippen LogP contribution in [0.1, 0.15) is 12.8 Å². The van der Waals surface area contributed by atoms with Gasteiger partial charge in [-0.05, 0) is 37.1 Å². The zero-order chi connectivity index (χ0) is 15.7. The summed E-state index contributed by atoms with van der Waals surface area (Å²) in [5, 5.41) is 5.60. The number of amides is 2. The number of carbonyl (C=O) groups excluding carboxylic acids is 1. The molecule has 2 N–H and O–H groups in total. The minimum Gasteiger partial charge on any atom is -0.497 e. The van der Waals surface area contributed by atoms with Crippen LogP contribution in [0.3, 0.4) is 0 Å². The molecule has 0 radical (unpaired) electrons. The molecule has 0 aromatic heterocycles. The average Bonchev–Trinajstić information content (AvgIpc) is 3.26. The average molecular weight is 325 g/mol. The van der Waals surface area contributed by atoms with Crippen molar-refractivity contribution in [3.63, 3.8) is 0 Å². The maximum atomic E-state index is 12.4. The van der Waals surface area contributed by atoms with Crippen LogP contribution in [0.5, 0.6) is 5.75 Å². The number of methoxy groups -OCH3 is 1. The van der Waals surface area contributed by atoms with Gasteiger partial charge in [0.2, 0.25) is 10.0 Å². The van der Waals surface area contributed by atoms with E-state index in [0.29, 0.717) is 24.9 Å². The maximum absolute atomic E-state index is 12.4. The van der Waals surface area contributed by atoms with Gasteiger partial charge >= 0.3 is 6.03 Å². The molecule has 8 heteroatoms. The first kappa shape index (κ1) is 15.1. The molecule has 1 aliphatic heterocycles. The number of carbonyl (C=O) groups is 1. The number of hydrogen-bond donors (Lipinski definition) is 2. The molecule has 120 valence electrons. The first-order valence-electron chi connectivity index (χ1n) is 7.20. The van der Waals surface area contributed by atoms with Crippen molar-refractivity contribution in [2.24, 2.45) is 0 Å². The van der Waals surface area contributed by atoms with Gasteiger partial charge in [0.25, 0.3) is 0 Å². The quantitative estimate of drug-likeness (QED) is 0.827. The molecular formula is C14H19N3O4S. The van der Waals surface area contributed by atoms with Crippen molar-refractivity contribution < 1.29 is 17.9 Å². The van der Waals surface area contributed by atoms with E-state index in [4.69, 9.17) is 4.74 Å². The van der Waals surface area contributed by atoms with Gasteiger partial charge in [-0.2, -0.15) is 4.31 Å². The fraction of sp³-hybridized carbons (Fsp3) is 0.500. The molecule has 2 amide bonds. The molecule has 0 bridgehead atoms. The first-order chi connectivity index (χ1) is 10.5. The Hall–Kier alpha value is -1.80. The zero-order valence-electron chi connectivity index (χ0n) is 12.3. The highest BCUT2D eigenvalue weighted by molar-refractivity contribution is 7.89. The lowest BCUT2D eigenvalue weighted by molar-refractivity contribution is 0.204. The highest BCUT2D eigenvalue weighted by Gasteiger charge is 2.38. The first-order valence-corrected chi connectivity index (χ1v) is 8.64. The van der Waals surface area contributed by atoms with Crippen molar-refractivity contribution in [2.45, 2.75) is 29.8 Å². The summed E-state index contributed by atoms with van der Waals surface area (Å²) in [4.78, 5) is 11.8. The number of sulfonamides is 1. The van der Waals surface area contributed by atoms with E-state index in [1.165, 1.54) is 23.5 Å². The Kier molecular flexibility index (Phi) is 3.96. The Morgan fingerprint density at radius 3 is 2.27 bits per heavy atom. The van der Waals surface area contributed by atoms with Gasteiger partial charge in [-0.3, -0.25) is 0 Å². The van der Waals surface area contributed by atoms with E-state index >= 15 is 0 Å². The summed E-state index contributed by atoms with van der Waals surface area (Å²) in [6.45, 7) is 0.596. The Morgan fingerprint density at radius 1 is 1.14 bits per heavy atom. The van der Waals surface area contributed by atoms with Gasteiger partial charge in [-0.25, -0.2) is 13.2 Å². The van der Waals surface area contributed by atoms with Crippen molar-refractivity contribution in [3.05, 3.63) is 24.3 Å². The molecule has 0 unspecified atom stereocenters. The monoisotopic (exact) mass is 325 g/mol. The van der Waals surface area contributed by atoms with Crippen LogP contribution < -0.4 is 15.4 Å². The highest BCUT2D eigenvalue weighted by atomic mass is 32.2. The van der Waals surface area contributed by atoms with Crippen LogP contribution in [0.15, 0.2) is 29.2 Å². The van der Waals surface area contributed by atoms with Crippen molar-refractivity contribution in [1.82, 2.24) is 14.9 Å². The fourth-order valence-corrected chi connectivity index (χ4v) is 3.79. The molecular weight excluding hydrogens is 306 g/mol. The topological polar surface area (TPSA) is 87.7 Å². The Morgan fingerprint density at radius 2 is 1.73 bits per heavy atom.